The van der Waals surface area contributed by atoms with Crippen LogP contribution in [0.15, 0.2) is 0 Å². The normalized spacial score (nSPS) is 11.3. The molecule has 1 aromatic heterocycles. The summed E-state index contributed by atoms with van der Waals surface area (Å²) in [5.74, 6) is 0.419. The van der Waals surface area contributed by atoms with Gasteiger partial charge in [0.05, 0.1) is 5.69 Å². The first-order valence-corrected chi connectivity index (χ1v) is 5.87. The molecule has 0 unspecified atom stereocenters. The van der Waals surface area contributed by atoms with Crippen molar-refractivity contribution in [1.29, 1.82) is 0 Å². The first kappa shape index (κ1) is 12.5. The third-order valence-electron chi connectivity index (χ3n) is 2.38. The van der Waals surface area contributed by atoms with Crippen LogP contribution < -0.4 is 5.32 Å². The van der Waals surface area contributed by atoms with Crippen molar-refractivity contribution in [1.82, 2.24) is 15.1 Å². The van der Waals surface area contributed by atoms with Gasteiger partial charge in [0.25, 0.3) is 0 Å². The fourth-order valence-electron chi connectivity index (χ4n) is 1.58. The Kier molecular flexibility index (Phi) is 4.61. The fraction of sp³-hybridized carbons (Fsp3) is 0.727. The van der Waals surface area contributed by atoms with E-state index in [9.17, 15) is 0 Å². The molecule has 4 heteroatoms. The third kappa shape index (κ3) is 2.95. The van der Waals surface area contributed by atoms with E-state index in [1.807, 2.05) is 7.05 Å². The van der Waals surface area contributed by atoms with Crippen LogP contribution in [0.25, 0.3) is 0 Å². The highest BCUT2D eigenvalue weighted by Gasteiger charge is 2.16. The minimum atomic E-state index is 0.419. The zero-order valence-electron chi connectivity index (χ0n) is 9.97. The van der Waals surface area contributed by atoms with Crippen LogP contribution in [0.5, 0.6) is 0 Å². The van der Waals surface area contributed by atoms with Gasteiger partial charge in [-0.1, -0.05) is 32.4 Å². The van der Waals surface area contributed by atoms with E-state index in [1.165, 1.54) is 0 Å². The van der Waals surface area contributed by atoms with Gasteiger partial charge in [-0.25, -0.2) is 0 Å². The SMILES string of the molecule is CCCNCc1c(C(C)C)nn(C)c1Cl. The summed E-state index contributed by atoms with van der Waals surface area (Å²) in [5.41, 5.74) is 2.24. The number of aryl methyl sites for hydroxylation is 1. The number of nitrogens with zero attached hydrogens (tertiary/aromatic N) is 2. The average molecular weight is 230 g/mol. The van der Waals surface area contributed by atoms with E-state index in [4.69, 9.17) is 11.6 Å². The van der Waals surface area contributed by atoms with Gasteiger partial charge in [-0.2, -0.15) is 5.10 Å². The molecule has 0 aromatic carbocycles. The molecule has 1 N–H and O–H groups in total. The molecule has 15 heavy (non-hydrogen) atoms. The van der Waals surface area contributed by atoms with Gasteiger partial charge in [-0.05, 0) is 18.9 Å². The topological polar surface area (TPSA) is 29.9 Å². The summed E-state index contributed by atoms with van der Waals surface area (Å²) in [7, 11) is 1.89. The van der Waals surface area contributed by atoms with Crippen LogP contribution in [0.3, 0.4) is 0 Å². The Labute approximate surface area is 96.8 Å². The zero-order valence-corrected chi connectivity index (χ0v) is 10.7. The Morgan fingerprint density at radius 2 is 2.13 bits per heavy atom. The Morgan fingerprint density at radius 1 is 1.47 bits per heavy atom. The summed E-state index contributed by atoms with van der Waals surface area (Å²) in [6.45, 7) is 8.27. The molecular formula is C11H20ClN3. The van der Waals surface area contributed by atoms with E-state index >= 15 is 0 Å². The van der Waals surface area contributed by atoms with Gasteiger partial charge in [-0.15, -0.1) is 0 Å². The molecule has 0 amide bonds. The highest BCUT2D eigenvalue weighted by atomic mass is 35.5. The van der Waals surface area contributed by atoms with Gasteiger partial charge >= 0.3 is 0 Å². The van der Waals surface area contributed by atoms with Crippen LogP contribution in [0.4, 0.5) is 0 Å². The molecule has 0 aliphatic carbocycles. The highest BCUT2D eigenvalue weighted by Crippen LogP contribution is 2.24. The number of nitrogens with one attached hydrogen (secondary N) is 1. The van der Waals surface area contributed by atoms with Gasteiger partial charge in [0.15, 0.2) is 0 Å². The van der Waals surface area contributed by atoms with Crippen LogP contribution in [0.1, 0.15) is 44.4 Å². The lowest BCUT2D eigenvalue weighted by molar-refractivity contribution is 0.664. The second kappa shape index (κ2) is 5.52. The molecule has 0 radical (unpaired) electrons. The predicted octanol–water partition coefficient (Wildman–Crippen LogP) is 2.70. The van der Waals surface area contributed by atoms with Crippen molar-refractivity contribution in [2.24, 2.45) is 7.05 Å². The van der Waals surface area contributed by atoms with Crippen LogP contribution in [0.2, 0.25) is 5.15 Å². The van der Waals surface area contributed by atoms with E-state index in [1.54, 1.807) is 4.68 Å². The summed E-state index contributed by atoms with van der Waals surface area (Å²) in [4.78, 5) is 0. The van der Waals surface area contributed by atoms with E-state index in [2.05, 4.69) is 31.2 Å². The maximum Gasteiger partial charge on any atom is 0.131 e. The van der Waals surface area contributed by atoms with Crippen LogP contribution in [0, 0.1) is 0 Å². The molecule has 0 saturated heterocycles. The summed E-state index contributed by atoms with van der Waals surface area (Å²) < 4.78 is 1.75. The van der Waals surface area contributed by atoms with Crippen molar-refractivity contribution in [3.8, 4) is 0 Å². The third-order valence-corrected chi connectivity index (χ3v) is 2.85. The molecule has 1 aromatic rings. The molecule has 0 saturated carbocycles. The van der Waals surface area contributed by atoms with Crippen molar-refractivity contribution < 1.29 is 0 Å². The van der Waals surface area contributed by atoms with E-state index in [0.717, 1.165) is 35.9 Å². The number of halogens is 1. The lowest BCUT2D eigenvalue weighted by Crippen LogP contribution is -2.15. The van der Waals surface area contributed by atoms with Crippen LogP contribution >= 0.6 is 11.6 Å². The van der Waals surface area contributed by atoms with Crippen LogP contribution in [-0.2, 0) is 13.6 Å². The van der Waals surface area contributed by atoms with E-state index < -0.39 is 0 Å². The molecule has 86 valence electrons. The molecule has 1 rings (SSSR count). The largest absolute Gasteiger partial charge is 0.313 e. The summed E-state index contributed by atoms with van der Waals surface area (Å²) in [6, 6.07) is 0. The molecule has 0 aliphatic heterocycles. The van der Waals surface area contributed by atoms with Crippen molar-refractivity contribution in [2.45, 2.75) is 39.7 Å². The lowest BCUT2D eigenvalue weighted by atomic mass is 10.1. The Hall–Kier alpha value is -0.540. The second-order valence-electron chi connectivity index (χ2n) is 4.11. The number of hydrogen-bond acceptors (Lipinski definition) is 2. The Morgan fingerprint density at radius 3 is 2.67 bits per heavy atom. The summed E-state index contributed by atoms with van der Waals surface area (Å²) >= 11 is 6.20. The van der Waals surface area contributed by atoms with E-state index in [-0.39, 0.29) is 0 Å². The molecular weight excluding hydrogens is 210 g/mol. The van der Waals surface area contributed by atoms with Gasteiger partial charge < -0.3 is 5.32 Å². The minimum Gasteiger partial charge on any atom is -0.313 e. The molecule has 0 atom stereocenters. The predicted molar refractivity (Wildman–Crippen MR) is 64.3 cm³/mol. The summed E-state index contributed by atoms with van der Waals surface area (Å²) in [5, 5.41) is 8.55. The molecule has 0 fully saturated rings. The molecule has 0 spiro atoms. The lowest BCUT2D eigenvalue weighted by Gasteiger charge is -2.06. The number of aromatic nitrogens is 2. The smallest absolute Gasteiger partial charge is 0.131 e. The van der Waals surface area contributed by atoms with Crippen molar-refractivity contribution in [3.63, 3.8) is 0 Å². The summed E-state index contributed by atoms with van der Waals surface area (Å²) in [6.07, 6.45) is 1.13. The first-order valence-electron chi connectivity index (χ1n) is 5.49. The Balaban J connectivity index is 2.83. The van der Waals surface area contributed by atoms with Crippen molar-refractivity contribution >= 4 is 11.6 Å². The average Bonchev–Trinajstić information content (AvgIpc) is 2.46. The minimum absolute atomic E-state index is 0.419. The maximum atomic E-state index is 6.20. The quantitative estimate of drug-likeness (QED) is 0.787. The fourth-order valence-corrected chi connectivity index (χ4v) is 1.79. The number of rotatable bonds is 5. The molecule has 0 aliphatic rings. The first-order chi connectivity index (χ1) is 7.07. The van der Waals surface area contributed by atoms with Gasteiger partial charge in [-0.3, -0.25) is 4.68 Å². The maximum absolute atomic E-state index is 6.20. The van der Waals surface area contributed by atoms with Crippen molar-refractivity contribution in [2.75, 3.05) is 6.54 Å². The van der Waals surface area contributed by atoms with Crippen molar-refractivity contribution in [3.05, 3.63) is 16.4 Å². The van der Waals surface area contributed by atoms with Crippen LogP contribution in [-0.4, -0.2) is 16.3 Å². The van der Waals surface area contributed by atoms with Gasteiger partial charge in [0.2, 0.25) is 0 Å². The van der Waals surface area contributed by atoms with Gasteiger partial charge in [0, 0.05) is 19.2 Å². The monoisotopic (exact) mass is 229 g/mol. The molecule has 0 bridgehead atoms. The molecule has 3 nitrogen and oxygen atoms in total. The second-order valence-corrected chi connectivity index (χ2v) is 4.47. The molecule has 1 heterocycles. The highest BCUT2D eigenvalue weighted by molar-refractivity contribution is 6.30. The van der Waals surface area contributed by atoms with Gasteiger partial charge in [0.1, 0.15) is 5.15 Å². The number of hydrogen-bond donors (Lipinski definition) is 1. The zero-order chi connectivity index (χ0) is 11.4. The Bertz CT molecular complexity index is 318. The van der Waals surface area contributed by atoms with E-state index in [0.29, 0.717) is 5.92 Å². The standard InChI is InChI=1S/C11H20ClN3/c1-5-6-13-7-9-10(8(2)3)14-15(4)11(9)12/h8,13H,5-7H2,1-4H3.